The van der Waals surface area contributed by atoms with Crippen molar-refractivity contribution in [3.05, 3.63) is 104 Å². The first kappa shape index (κ1) is 23.3. The number of aromatic nitrogens is 2. The van der Waals surface area contributed by atoms with Gasteiger partial charge in [-0.15, -0.1) is 0 Å². The van der Waals surface area contributed by atoms with E-state index in [1.165, 1.54) is 24.3 Å². The van der Waals surface area contributed by atoms with E-state index in [4.69, 9.17) is 27.9 Å². The van der Waals surface area contributed by atoms with Crippen LogP contribution in [-0.4, -0.2) is 20.6 Å². The summed E-state index contributed by atoms with van der Waals surface area (Å²) in [6.07, 6.45) is 0. The molecule has 1 N–H and O–H groups in total. The van der Waals surface area contributed by atoms with Gasteiger partial charge >= 0.3 is 0 Å². The van der Waals surface area contributed by atoms with Crippen LogP contribution in [0.1, 0.15) is 21.7 Å². The number of anilines is 1. The van der Waals surface area contributed by atoms with Gasteiger partial charge in [-0.25, -0.2) is 4.68 Å². The molecule has 10 heteroatoms. The van der Waals surface area contributed by atoms with Crippen LogP contribution in [0, 0.1) is 24.0 Å². The van der Waals surface area contributed by atoms with Crippen LogP contribution in [0.25, 0.3) is 5.69 Å². The van der Waals surface area contributed by atoms with Crippen LogP contribution in [0.4, 0.5) is 11.4 Å². The van der Waals surface area contributed by atoms with E-state index in [1.54, 1.807) is 30.7 Å². The highest BCUT2D eigenvalue weighted by molar-refractivity contribution is 6.35. The zero-order valence-corrected chi connectivity index (χ0v) is 19.6. The molecule has 0 aliphatic rings. The van der Waals surface area contributed by atoms with Gasteiger partial charge < -0.3 is 10.1 Å². The van der Waals surface area contributed by atoms with Crippen LogP contribution >= 0.6 is 23.2 Å². The predicted molar refractivity (Wildman–Crippen MR) is 131 cm³/mol. The van der Waals surface area contributed by atoms with Crippen LogP contribution in [0.2, 0.25) is 10.0 Å². The van der Waals surface area contributed by atoms with Crippen molar-refractivity contribution in [2.75, 3.05) is 5.32 Å². The highest BCUT2D eigenvalue weighted by Crippen LogP contribution is 2.35. The number of para-hydroxylation sites is 1. The quantitative estimate of drug-likeness (QED) is 0.235. The molecule has 1 amide bonds. The Kier molecular flexibility index (Phi) is 6.54. The molecule has 0 atom stereocenters. The van der Waals surface area contributed by atoms with E-state index >= 15 is 0 Å². The van der Waals surface area contributed by atoms with Gasteiger partial charge in [0.05, 0.1) is 44.3 Å². The zero-order chi connectivity index (χ0) is 24.4. The standard InChI is InChI=1S/C24H18Cl2N4O4/c1-14-23(15(2)29(28-14)18-6-4-3-5-7-18)24(31)27-17-11-19(30(32)33)13-20(12-17)34-22-9-8-16(25)10-21(22)26/h3-13H,1-2H3,(H,27,31). The Morgan fingerprint density at radius 1 is 1.06 bits per heavy atom. The molecule has 3 aromatic carbocycles. The molecule has 8 nitrogen and oxygen atoms in total. The topological polar surface area (TPSA) is 99.3 Å². The summed E-state index contributed by atoms with van der Waals surface area (Å²) in [7, 11) is 0. The van der Waals surface area contributed by atoms with E-state index in [-0.39, 0.29) is 27.9 Å². The number of benzene rings is 3. The number of hydrogen-bond donors (Lipinski definition) is 1. The number of hydrogen-bond acceptors (Lipinski definition) is 5. The molecule has 0 saturated carbocycles. The van der Waals surface area contributed by atoms with Crippen LogP contribution < -0.4 is 10.1 Å². The summed E-state index contributed by atoms with van der Waals surface area (Å²) in [5, 5.41) is 19.3. The van der Waals surface area contributed by atoms with Gasteiger partial charge in [0.2, 0.25) is 0 Å². The third kappa shape index (κ3) is 4.88. The fraction of sp³-hybridized carbons (Fsp3) is 0.0833. The number of nitro groups is 1. The number of rotatable bonds is 6. The number of carbonyl (C=O) groups excluding carboxylic acids is 1. The Morgan fingerprint density at radius 2 is 1.79 bits per heavy atom. The minimum atomic E-state index is -0.573. The fourth-order valence-corrected chi connectivity index (χ4v) is 3.94. The molecule has 1 aromatic heterocycles. The molecule has 4 aromatic rings. The minimum Gasteiger partial charge on any atom is -0.455 e. The highest BCUT2D eigenvalue weighted by Gasteiger charge is 2.21. The van der Waals surface area contributed by atoms with Gasteiger partial charge in [-0.3, -0.25) is 14.9 Å². The summed E-state index contributed by atoms with van der Waals surface area (Å²) in [5.74, 6) is -0.0602. The van der Waals surface area contributed by atoms with Gasteiger partial charge in [-0.2, -0.15) is 5.10 Å². The maximum absolute atomic E-state index is 13.1. The van der Waals surface area contributed by atoms with Gasteiger partial charge in [0.1, 0.15) is 11.5 Å². The average molecular weight is 497 g/mol. The van der Waals surface area contributed by atoms with Crippen molar-refractivity contribution in [2.45, 2.75) is 13.8 Å². The van der Waals surface area contributed by atoms with E-state index in [9.17, 15) is 14.9 Å². The second kappa shape index (κ2) is 9.54. The lowest BCUT2D eigenvalue weighted by molar-refractivity contribution is -0.384. The summed E-state index contributed by atoms with van der Waals surface area (Å²) in [5.41, 5.74) is 2.27. The van der Waals surface area contributed by atoms with Crippen LogP contribution in [0.3, 0.4) is 0 Å². The largest absolute Gasteiger partial charge is 0.455 e. The SMILES string of the molecule is Cc1nn(-c2ccccc2)c(C)c1C(=O)Nc1cc(Oc2ccc(Cl)cc2Cl)cc([N+](=O)[O-])c1. The van der Waals surface area contributed by atoms with Crippen LogP contribution in [-0.2, 0) is 0 Å². The molecule has 4 rings (SSSR count). The molecule has 0 aliphatic carbocycles. The Morgan fingerprint density at radius 3 is 2.47 bits per heavy atom. The number of nitrogens with zero attached hydrogens (tertiary/aromatic N) is 3. The van der Waals surface area contributed by atoms with Crippen LogP contribution in [0.15, 0.2) is 66.7 Å². The first-order valence-electron chi connectivity index (χ1n) is 10.1. The van der Waals surface area contributed by atoms with Crippen molar-refractivity contribution in [2.24, 2.45) is 0 Å². The summed E-state index contributed by atoms with van der Waals surface area (Å²) >= 11 is 12.1. The molecular formula is C24H18Cl2N4O4. The molecule has 34 heavy (non-hydrogen) atoms. The van der Waals surface area contributed by atoms with Crippen LogP contribution in [0.5, 0.6) is 11.5 Å². The normalized spacial score (nSPS) is 10.7. The van der Waals surface area contributed by atoms with Gasteiger partial charge in [-0.05, 0) is 44.2 Å². The summed E-state index contributed by atoms with van der Waals surface area (Å²) in [4.78, 5) is 24.0. The van der Waals surface area contributed by atoms with Gasteiger partial charge in [0.15, 0.2) is 0 Å². The molecule has 0 saturated heterocycles. The van der Waals surface area contributed by atoms with E-state index in [0.717, 1.165) is 5.69 Å². The molecule has 1 heterocycles. The van der Waals surface area contributed by atoms with E-state index in [2.05, 4.69) is 10.4 Å². The third-order valence-corrected chi connectivity index (χ3v) is 5.53. The second-order valence-electron chi connectivity index (χ2n) is 7.40. The first-order chi connectivity index (χ1) is 16.2. The van der Waals surface area contributed by atoms with Crippen molar-refractivity contribution < 1.29 is 14.5 Å². The van der Waals surface area contributed by atoms with Gasteiger partial charge in [-0.1, -0.05) is 41.4 Å². The summed E-state index contributed by atoms with van der Waals surface area (Å²) in [6, 6.07) is 18.0. The number of aryl methyl sites for hydroxylation is 1. The molecule has 0 fully saturated rings. The Labute approximate surface area is 204 Å². The van der Waals surface area contributed by atoms with Crippen molar-refractivity contribution >= 4 is 40.5 Å². The highest BCUT2D eigenvalue weighted by atomic mass is 35.5. The van der Waals surface area contributed by atoms with Crippen molar-refractivity contribution in [3.8, 4) is 17.2 Å². The van der Waals surface area contributed by atoms with E-state index < -0.39 is 10.8 Å². The number of nitro benzene ring substituents is 1. The van der Waals surface area contributed by atoms with Gasteiger partial charge in [0.25, 0.3) is 11.6 Å². The smallest absolute Gasteiger partial charge is 0.275 e. The summed E-state index contributed by atoms with van der Waals surface area (Å²) in [6.45, 7) is 3.51. The number of halogens is 2. The monoisotopic (exact) mass is 496 g/mol. The molecule has 0 radical (unpaired) electrons. The molecule has 0 unspecified atom stereocenters. The Balaban J connectivity index is 1.65. The molecule has 0 bridgehead atoms. The lowest BCUT2D eigenvalue weighted by Crippen LogP contribution is -2.14. The number of amides is 1. The fourth-order valence-electron chi connectivity index (χ4n) is 3.49. The van der Waals surface area contributed by atoms with E-state index in [0.29, 0.717) is 22.0 Å². The lowest BCUT2D eigenvalue weighted by atomic mass is 10.1. The van der Waals surface area contributed by atoms with Crippen molar-refractivity contribution in [1.82, 2.24) is 9.78 Å². The average Bonchev–Trinajstić information content (AvgIpc) is 3.10. The van der Waals surface area contributed by atoms with Crippen molar-refractivity contribution in [3.63, 3.8) is 0 Å². The molecule has 172 valence electrons. The summed E-state index contributed by atoms with van der Waals surface area (Å²) < 4.78 is 7.40. The maximum atomic E-state index is 13.1. The Hall–Kier alpha value is -3.88. The van der Waals surface area contributed by atoms with Crippen molar-refractivity contribution in [1.29, 1.82) is 0 Å². The second-order valence-corrected chi connectivity index (χ2v) is 8.24. The number of ether oxygens (including phenoxy) is 1. The Bertz CT molecular complexity index is 1400. The zero-order valence-electron chi connectivity index (χ0n) is 18.1. The lowest BCUT2D eigenvalue weighted by Gasteiger charge is -2.11. The molecular weight excluding hydrogens is 479 g/mol. The molecule has 0 spiro atoms. The minimum absolute atomic E-state index is 0.127. The number of carbonyl (C=O) groups is 1. The molecule has 0 aliphatic heterocycles. The maximum Gasteiger partial charge on any atom is 0.275 e. The third-order valence-electron chi connectivity index (χ3n) is 5.00. The first-order valence-corrected chi connectivity index (χ1v) is 10.8. The van der Waals surface area contributed by atoms with E-state index in [1.807, 2.05) is 30.3 Å². The number of non-ortho nitro benzene ring substituents is 1. The van der Waals surface area contributed by atoms with Gasteiger partial charge in [0, 0.05) is 17.2 Å². The predicted octanol–water partition coefficient (Wildman–Crippen LogP) is 6.75. The number of nitrogens with one attached hydrogen (secondary N) is 1.